The van der Waals surface area contributed by atoms with E-state index in [4.69, 9.17) is 14.7 Å². The normalized spacial score (nSPS) is 10.9. The molecule has 0 aromatic heterocycles. The van der Waals surface area contributed by atoms with Gasteiger partial charge in [0, 0.05) is 23.9 Å². The molecule has 0 aliphatic rings. The van der Waals surface area contributed by atoms with Crippen molar-refractivity contribution in [3.63, 3.8) is 0 Å². The Morgan fingerprint density at radius 1 is 1.19 bits per heavy atom. The van der Waals surface area contributed by atoms with Gasteiger partial charge in [-0.15, -0.1) is 0 Å². The Bertz CT molecular complexity index is 846. The van der Waals surface area contributed by atoms with Gasteiger partial charge in [-0.1, -0.05) is 0 Å². The van der Waals surface area contributed by atoms with Crippen LogP contribution in [0.2, 0.25) is 0 Å². The zero-order chi connectivity index (χ0) is 19.6. The average molecular weight is 370 g/mol. The minimum Gasteiger partial charge on any atom is -0.493 e. The summed E-state index contributed by atoms with van der Waals surface area (Å²) in [5.74, 6) is 1.36. The molecule has 0 atom stereocenters. The highest BCUT2D eigenvalue weighted by atomic mass is 19.1. The van der Waals surface area contributed by atoms with E-state index in [-0.39, 0.29) is 6.54 Å². The molecular weight excluding hydrogens is 347 g/mol. The van der Waals surface area contributed by atoms with Crippen molar-refractivity contribution >= 4 is 11.6 Å². The van der Waals surface area contributed by atoms with Crippen LogP contribution in [0.4, 0.5) is 10.1 Å². The molecule has 0 unspecified atom stereocenters. The lowest BCUT2D eigenvalue weighted by Crippen LogP contribution is -2.30. The molecule has 7 heteroatoms. The molecule has 0 amide bonds. The summed E-state index contributed by atoms with van der Waals surface area (Å²) in [6, 6.07) is 11.7. The van der Waals surface area contributed by atoms with Gasteiger partial charge >= 0.3 is 0 Å². The van der Waals surface area contributed by atoms with E-state index < -0.39 is 5.82 Å². The van der Waals surface area contributed by atoms with Crippen LogP contribution in [0.15, 0.2) is 41.4 Å². The molecule has 2 N–H and O–H groups in total. The number of methoxy groups -OCH3 is 1. The third-order valence-corrected chi connectivity index (χ3v) is 3.65. The van der Waals surface area contributed by atoms with E-state index >= 15 is 0 Å². The van der Waals surface area contributed by atoms with Gasteiger partial charge in [-0.3, -0.25) is 0 Å². The number of rotatable bonds is 7. The summed E-state index contributed by atoms with van der Waals surface area (Å²) in [5.41, 5.74) is 1.51. The molecule has 6 nitrogen and oxygen atoms in total. The van der Waals surface area contributed by atoms with Crippen molar-refractivity contribution in [2.45, 2.75) is 20.4 Å². The fraction of sp³-hybridized carbons (Fsp3) is 0.300. The van der Waals surface area contributed by atoms with Gasteiger partial charge in [0.05, 0.1) is 31.9 Å². The number of hydrogen-bond acceptors (Lipinski definition) is 4. The molecule has 2 aromatic rings. The predicted octanol–water partition coefficient (Wildman–Crippen LogP) is 3.68. The third-order valence-electron chi connectivity index (χ3n) is 3.65. The van der Waals surface area contributed by atoms with Gasteiger partial charge in [-0.2, -0.15) is 5.26 Å². The van der Waals surface area contributed by atoms with Crippen molar-refractivity contribution in [3.8, 4) is 17.6 Å². The Morgan fingerprint density at radius 2 is 2.00 bits per heavy atom. The first-order valence-electron chi connectivity index (χ1n) is 8.65. The minimum atomic E-state index is -0.392. The van der Waals surface area contributed by atoms with Crippen molar-refractivity contribution in [2.24, 2.45) is 4.99 Å². The maximum atomic E-state index is 13.9. The van der Waals surface area contributed by atoms with Gasteiger partial charge in [0.25, 0.3) is 0 Å². The number of guanidine groups is 1. The first kappa shape index (κ1) is 20.0. The van der Waals surface area contributed by atoms with Crippen LogP contribution >= 0.6 is 0 Å². The van der Waals surface area contributed by atoms with Gasteiger partial charge in [0.2, 0.25) is 0 Å². The maximum Gasteiger partial charge on any atom is 0.196 e. The average Bonchev–Trinajstić information content (AvgIpc) is 2.68. The van der Waals surface area contributed by atoms with Crippen molar-refractivity contribution in [3.05, 3.63) is 53.3 Å². The molecule has 142 valence electrons. The third kappa shape index (κ3) is 5.61. The van der Waals surface area contributed by atoms with Crippen molar-refractivity contribution in [2.75, 3.05) is 25.6 Å². The summed E-state index contributed by atoms with van der Waals surface area (Å²) >= 11 is 0. The van der Waals surface area contributed by atoms with Crippen LogP contribution in [0.25, 0.3) is 0 Å². The highest BCUT2D eigenvalue weighted by Crippen LogP contribution is 2.30. The second kappa shape index (κ2) is 10.0. The topological polar surface area (TPSA) is 78.7 Å². The van der Waals surface area contributed by atoms with E-state index in [1.807, 2.05) is 32.0 Å². The number of anilines is 1. The molecule has 2 aromatic carbocycles. The number of nitrogens with zero attached hydrogens (tertiary/aromatic N) is 2. The predicted molar refractivity (Wildman–Crippen MR) is 104 cm³/mol. The maximum absolute atomic E-state index is 13.9. The lowest BCUT2D eigenvalue weighted by atomic mass is 10.1. The molecule has 2 rings (SSSR count). The van der Waals surface area contributed by atoms with Crippen LogP contribution < -0.4 is 20.1 Å². The van der Waals surface area contributed by atoms with E-state index in [2.05, 4.69) is 15.6 Å². The van der Waals surface area contributed by atoms with Crippen LogP contribution in [0.5, 0.6) is 11.5 Å². The minimum absolute atomic E-state index is 0.102. The van der Waals surface area contributed by atoms with Crippen LogP contribution in [-0.2, 0) is 6.54 Å². The van der Waals surface area contributed by atoms with Crippen LogP contribution in [0, 0.1) is 17.1 Å². The Labute approximate surface area is 158 Å². The van der Waals surface area contributed by atoms with Crippen LogP contribution in [0.1, 0.15) is 25.0 Å². The number of nitriles is 1. The number of hydrogen-bond donors (Lipinski definition) is 2. The van der Waals surface area contributed by atoms with E-state index in [0.717, 1.165) is 5.69 Å². The van der Waals surface area contributed by atoms with E-state index in [0.29, 0.717) is 41.7 Å². The molecule has 0 aliphatic heterocycles. The molecule has 0 bridgehead atoms. The van der Waals surface area contributed by atoms with E-state index in [1.54, 1.807) is 13.2 Å². The lowest BCUT2D eigenvalue weighted by molar-refractivity contribution is 0.311. The van der Waals surface area contributed by atoms with Gasteiger partial charge in [0.15, 0.2) is 17.5 Å². The smallest absolute Gasteiger partial charge is 0.196 e. The fourth-order valence-electron chi connectivity index (χ4n) is 2.40. The summed E-state index contributed by atoms with van der Waals surface area (Å²) in [5, 5.41) is 15.2. The summed E-state index contributed by atoms with van der Waals surface area (Å²) in [4.78, 5) is 4.41. The zero-order valence-electron chi connectivity index (χ0n) is 15.7. The van der Waals surface area contributed by atoms with Crippen LogP contribution in [0.3, 0.4) is 0 Å². The second-order valence-corrected chi connectivity index (χ2v) is 5.54. The van der Waals surface area contributed by atoms with Crippen molar-refractivity contribution in [1.82, 2.24) is 5.32 Å². The molecular formula is C20H23FN4O2. The highest BCUT2D eigenvalue weighted by Gasteiger charge is 2.08. The zero-order valence-corrected chi connectivity index (χ0v) is 15.7. The molecule has 0 saturated heterocycles. The number of halogens is 1. The van der Waals surface area contributed by atoms with Gasteiger partial charge in [-0.25, -0.2) is 9.38 Å². The van der Waals surface area contributed by atoms with E-state index in [9.17, 15) is 4.39 Å². The monoisotopic (exact) mass is 370 g/mol. The number of ether oxygens (including phenoxy) is 2. The van der Waals surface area contributed by atoms with Crippen molar-refractivity contribution < 1.29 is 13.9 Å². The quantitative estimate of drug-likeness (QED) is 0.574. The molecule has 0 aliphatic carbocycles. The number of benzene rings is 2. The van der Waals surface area contributed by atoms with Gasteiger partial charge < -0.3 is 20.1 Å². The molecule has 0 fully saturated rings. The Hall–Kier alpha value is -3.27. The van der Waals surface area contributed by atoms with Gasteiger partial charge in [0.1, 0.15) is 5.82 Å². The summed E-state index contributed by atoms with van der Waals surface area (Å²) in [7, 11) is 1.58. The van der Waals surface area contributed by atoms with Crippen LogP contribution in [-0.4, -0.2) is 26.2 Å². The molecule has 0 saturated carbocycles. The fourth-order valence-corrected chi connectivity index (χ4v) is 2.40. The molecule has 0 radical (unpaired) electrons. The summed E-state index contributed by atoms with van der Waals surface area (Å²) < 4.78 is 24.8. The largest absolute Gasteiger partial charge is 0.493 e. The standard InChI is InChI=1S/C20H23FN4O2/c1-4-23-20(24-13-15-10-14(12-22)6-8-17(15)21)25-16-7-9-18(26-3)19(11-16)27-5-2/h6-11H,4-5,13H2,1-3H3,(H2,23,24,25). The summed E-state index contributed by atoms with van der Waals surface area (Å²) in [6.07, 6.45) is 0. The molecule has 0 heterocycles. The highest BCUT2D eigenvalue weighted by molar-refractivity contribution is 5.93. The number of aliphatic imine (C=N–C) groups is 1. The summed E-state index contributed by atoms with van der Waals surface area (Å²) in [6.45, 7) is 5.09. The number of nitrogens with one attached hydrogen (secondary N) is 2. The Morgan fingerprint density at radius 3 is 2.67 bits per heavy atom. The SMILES string of the molecule is CCNC(=NCc1cc(C#N)ccc1F)Nc1ccc(OC)c(OCC)c1. The van der Waals surface area contributed by atoms with Crippen molar-refractivity contribution in [1.29, 1.82) is 5.26 Å². The second-order valence-electron chi connectivity index (χ2n) is 5.54. The Balaban J connectivity index is 2.21. The Kier molecular flexibility index (Phi) is 7.44. The molecule has 27 heavy (non-hydrogen) atoms. The molecule has 0 spiro atoms. The first-order chi connectivity index (χ1) is 13.1. The van der Waals surface area contributed by atoms with E-state index in [1.165, 1.54) is 18.2 Å². The lowest BCUT2D eigenvalue weighted by Gasteiger charge is -2.14. The van der Waals surface area contributed by atoms with Gasteiger partial charge in [-0.05, 0) is 44.2 Å². The first-order valence-corrected chi connectivity index (χ1v) is 8.65.